The molecular formula is C12H14FNO3. The molecule has 0 saturated carbocycles. The van der Waals surface area contributed by atoms with Gasteiger partial charge in [-0.15, -0.1) is 0 Å². The van der Waals surface area contributed by atoms with E-state index in [2.05, 4.69) is 0 Å². The van der Waals surface area contributed by atoms with Crippen molar-refractivity contribution in [1.82, 2.24) is 0 Å². The highest BCUT2D eigenvalue weighted by Crippen LogP contribution is 2.36. The highest BCUT2D eigenvalue weighted by atomic mass is 19.1. The second kappa shape index (κ2) is 4.24. The zero-order valence-corrected chi connectivity index (χ0v) is 9.68. The fraction of sp³-hybridized carbons (Fsp3) is 0.417. The van der Waals surface area contributed by atoms with E-state index in [1.54, 1.807) is 7.05 Å². The number of carbonyl (C=O) groups is 1. The first-order valence-electron chi connectivity index (χ1n) is 5.40. The molecule has 1 aromatic carbocycles. The molecule has 0 saturated heterocycles. The molecule has 0 amide bonds. The van der Waals surface area contributed by atoms with Crippen LogP contribution in [0, 0.1) is 5.82 Å². The Balaban J connectivity index is 2.32. The molecule has 5 heteroatoms. The summed E-state index contributed by atoms with van der Waals surface area (Å²) in [6, 6.07) is 4.12. The van der Waals surface area contributed by atoms with Gasteiger partial charge in [0.2, 0.25) is 0 Å². The number of benzene rings is 1. The SMILES string of the molecule is CC1C(CC(=O)O)Oc2ccc(F)cc2N1C. The highest BCUT2D eigenvalue weighted by molar-refractivity contribution is 5.69. The second-order valence-electron chi connectivity index (χ2n) is 4.22. The van der Waals surface area contributed by atoms with Crippen LogP contribution in [0.1, 0.15) is 13.3 Å². The number of fused-ring (bicyclic) bond motifs is 1. The van der Waals surface area contributed by atoms with Gasteiger partial charge >= 0.3 is 5.97 Å². The molecule has 2 unspecified atom stereocenters. The van der Waals surface area contributed by atoms with Gasteiger partial charge in [0, 0.05) is 13.1 Å². The summed E-state index contributed by atoms with van der Waals surface area (Å²) in [6.07, 6.45) is -0.488. The van der Waals surface area contributed by atoms with E-state index >= 15 is 0 Å². The molecule has 0 fully saturated rings. The minimum absolute atomic E-state index is 0.0671. The monoisotopic (exact) mass is 239 g/mol. The zero-order chi connectivity index (χ0) is 12.6. The van der Waals surface area contributed by atoms with Gasteiger partial charge in [0.05, 0.1) is 18.2 Å². The first-order valence-corrected chi connectivity index (χ1v) is 5.40. The minimum atomic E-state index is -0.902. The van der Waals surface area contributed by atoms with Gasteiger partial charge in [-0.1, -0.05) is 0 Å². The lowest BCUT2D eigenvalue weighted by molar-refractivity contribution is -0.139. The third kappa shape index (κ3) is 2.18. The molecule has 2 rings (SSSR count). The van der Waals surface area contributed by atoms with Crippen LogP contribution in [0.25, 0.3) is 0 Å². The number of carboxylic acid groups (broad SMARTS) is 1. The Bertz CT molecular complexity index is 449. The molecule has 92 valence electrons. The van der Waals surface area contributed by atoms with Gasteiger partial charge in [-0.25, -0.2) is 4.39 Å². The summed E-state index contributed by atoms with van der Waals surface area (Å²) in [4.78, 5) is 12.6. The number of anilines is 1. The smallest absolute Gasteiger partial charge is 0.307 e. The van der Waals surface area contributed by atoms with E-state index in [9.17, 15) is 9.18 Å². The standard InChI is InChI=1S/C12H14FNO3/c1-7-11(6-12(15)16)17-10-4-3-8(13)5-9(10)14(7)2/h3-5,7,11H,6H2,1-2H3,(H,15,16). The van der Waals surface area contributed by atoms with Crippen molar-refractivity contribution in [2.24, 2.45) is 0 Å². The number of hydrogen-bond donors (Lipinski definition) is 1. The Morgan fingerprint density at radius 3 is 2.94 bits per heavy atom. The van der Waals surface area contributed by atoms with E-state index in [0.29, 0.717) is 11.4 Å². The Morgan fingerprint density at radius 2 is 2.29 bits per heavy atom. The van der Waals surface area contributed by atoms with Gasteiger partial charge < -0.3 is 14.7 Å². The van der Waals surface area contributed by atoms with Gasteiger partial charge in [-0.3, -0.25) is 4.79 Å². The topological polar surface area (TPSA) is 49.8 Å². The summed E-state index contributed by atoms with van der Waals surface area (Å²) in [7, 11) is 1.81. The number of likely N-dealkylation sites (N-methyl/N-ethyl adjacent to an activating group) is 1. The average Bonchev–Trinajstić information content (AvgIpc) is 2.26. The molecule has 0 aromatic heterocycles. The lowest BCUT2D eigenvalue weighted by Crippen LogP contribution is -2.46. The van der Waals surface area contributed by atoms with Crippen LogP contribution in [0.2, 0.25) is 0 Å². The first-order chi connectivity index (χ1) is 7.99. The van der Waals surface area contributed by atoms with E-state index in [0.717, 1.165) is 0 Å². The molecular weight excluding hydrogens is 225 g/mol. The van der Waals surface area contributed by atoms with E-state index < -0.39 is 12.1 Å². The molecule has 0 aliphatic carbocycles. The van der Waals surface area contributed by atoms with Crippen LogP contribution in [0.5, 0.6) is 5.75 Å². The maximum atomic E-state index is 13.1. The third-order valence-electron chi connectivity index (χ3n) is 3.10. The van der Waals surface area contributed by atoms with Crippen LogP contribution >= 0.6 is 0 Å². The summed E-state index contributed by atoms with van der Waals surface area (Å²) >= 11 is 0. The molecule has 4 nitrogen and oxygen atoms in total. The number of aliphatic carboxylic acids is 1. The predicted molar refractivity (Wildman–Crippen MR) is 60.9 cm³/mol. The van der Waals surface area contributed by atoms with Crippen molar-refractivity contribution in [3.8, 4) is 5.75 Å². The quantitative estimate of drug-likeness (QED) is 0.856. The fourth-order valence-corrected chi connectivity index (χ4v) is 1.98. The van der Waals surface area contributed by atoms with Gasteiger partial charge in [-0.2, -0.15) is 0 Å². The van der Waals surface area contributed by atoms with Crippen LogP contribution in [0.3, 0.4) is 0 Å². The molecule has 0 spiro atoms. The van der Waals surface area contributed by atoms with Crippen molar-refractivity contribution >= 4 is 11.7 Å². The minimum Gasteiger partial charge on any atom is -0.486 e. The summed E-state index contributed by atoms with van der Waals surface area (Å²) in [6.45, 7) is 1.86. The average molecular weight is 239 g/mol. The lowest BCUT2D eigenvalue weighted by Gasteiger charge is -2.39. The Morgan fingerprint density at radius 1 is 1.59 bits per heavy atom. The normalized spacial score (nSPS) is 22.9. The summed E-state index contributed by atoms with van der Waals surface area (Å²) in [5.41, 5.74) is 0.652. The summed E-state index contributed by atoms with van der Waals surface area (Å²) < 4.78 is 18.7. The molecule has 1 N–H and O–H groups in total. The van der Waals surface area contributed by atoms with E-state index in [-0.39, 0.29) is 18.3 Å². The van der Waals surface area contributed by atoms with Gasteiger partial charge in [-0.05, 0) is 19.1 Å². The maximum absolute atomic E-state index is 13.1. The van der Waals surface area contributed by atoms with Crippen molar-refractivity contribution in [1.29, 1.82) is 0 Å². The molecule has 2 atom stereocenters. The van der Waals surface area contributed by atoms with Crippen LogP contribution in [0.4, 0.5) is 10.1 Å². The number of ether oxygens (including phenoxy) is 1. The summed E-state index contributed by atoms with van der Waals surface area (Å²) in [5, 5.41) is 8.80. The molecule has 1 aliphatic heterocycles. The number of hydrogen-bond acceptors (Lipinski definition) is 3. The zero-order valence-electron chi connectivity index (χ0n) is 9.68. The number of carboxylic acids is 1. The summed E-state index contributed by atoms with van der Waals surface area (Å²) in [5.74, 6) is -0.706. The van der Waals surface area contributed by atoms with Crippen LogP contribution < -0.4 is 9.64 Å². The van der Waals surface area contributed by atoms with Crippen molar-refractivity contribution in [3.63, 3.8) is 0 Å². The second-order valence-corrected chi connectivity index (χ2v) is 4.22. The lowest BCUT2D eigenvalue weighted by atomic mass is 10.0. The van der Waals surface area contributed by atoms with Crippen molar-refractivity contribution in [3.05, 3.63) is 24.0 Å². The first kappa shape index (κ1) is 11.7. The third-order valence-corrected chi connectivity index (χ3v) is 3.10. The highest BCUT2D eigenvalue weighted by Gasteiger charge is 2.32. The van der Waals surface area contributed by atoms with Crippen LogP contribution in [0.15, 0.2) is 18.2 Å². The van der Waals surface area contributed by atoms with Crippen molar-refractivity contribution in [2.45, 2.75) is 25.5 Å². The molecule has 1 aromatic rings. The number of halogens is 1. The maximum Gasteiger partial charge on any atom is 0.307 e. The molecule has 0 bridgehead atoms. The Hall–Kier alpha value is -1.78. The van der Waals surface area contributed by atoms with Crippen LogP contribution in [-0.2, 0) is 4.79 Å². The predicted octanol–water partition coefficient (Wildman–Crippen LogP) is 1.89. The van der Waals surface area contributed by atoms with Gasteiger partial charge in [0.1, 0.15) is 17.7 Å². The van der Waals surface area contributed by atoms with Crippen molar-refractivity contribution < 1.29 is 19.0 Å². The molecule has 1 aliphatic rings. The van der Waals surface area contributed by atoms with Gasteiger partial charge in [0.15, 0.2) is 0 Å². The molecule has 17 heavy (non-hydrogen) atoms. The molecule has 1 heterocycles. The molecule has 0 radical (unpaired) electrons. The number of nitrogens with zero attached hydrogens (tertiary/aromatic N) is 1. The van der Waals surface area contributed by atoms with Gasteiger partial charge in [0.25, 0.3) is 0 Å². The largest absolute Gasteiger partial charge is 0.486 e. The van der Waals surface area contributed by atoms with E-state index in [1.807, 2.05) is 11.8 Å². The van der Waals surface area contributed by atoms with E-state index in [4.69, 9.17) is 9.84 Å². The Kier molecular flexibility index (Phi) is 2.92. The Labute approximate surface area is 98.6 Å². The van der Waals surface area contributed by atoms with E-state index in [1.165, 1.54) is 18.2 Å². The number of rotatable bonds is 2. The fourth-order valence-electron chi connectivity index (χ4n) is 1.98. The van der Waals surface area contributed by atoms with Crippen LogP contribution in [-0.4, -0.2) is 30.3 Å². The van der Waals surface area contributed by atoms with Crippen molar-refractivity contribution in [2.75, 3.05) is 11.9 Å².